The van der Waals surface area contributed by atoms with Crippen LogP contribution in [0.4, 0.5) is 4.39 Å². The molecule has 1 heterocycles. The molecule has 0 spiro atoms. The quantitative estimate of drug-likeness (QED) is 0.767. The summed E-state index contributed by atoms with van der Waals surface area (Å²) in [6.45, 7) is 5.02. The highest BCUT2D eigenvalue weighted by atomic mass is 19.1. The van der Waals surface area contributed by atoms with Crippen LogP contribution in [0.2, 0.25) is 0 Å². The van der Waals surface area contributed by atoms with E-state index in [1.54, 1.807) is 12.1 Å². The maximum atomic E-state index is 13.0. The van der Waals surface area contributed by atoms with Gasteiger partial charge in [0.1, 0.15) is 17.7 Å². The summed E-state index contributed by atoms with van der Waals surface area (Å²) in [4.78, 5) is 0. The normalized spacial score (nSPS) is 17.9. The topological polar surface area (TPSA) is 30.5 Å². The zero-order valence-electron chi connectivity index (χ0n) is 10.0. The Morgan fingerprint density at radius 2 is 2.41 bits per heavy atom. The number of rotatable bonds is 6. The maximum absolute atomic E-state index is 13.0. The Hall–Kier alpha value is -1.13. The lowest BCUT2D eigenvalue weighted by Gasteiger charge is -2.11. The predicted octanol–water partition coefficient (Wildman–Crippen LogP) is 1.76. The molecule has 0 amide bonds. The summed E-state index contributed by atoms with van der Waals surface area (Å²) in [5.41, 5.74) is 0.960. The van der Waals surface area contributed by atoms with E-state index >= 15 is 0 Å². The number of hydrogen-bond donors (Lipinski definition) is 1. The smallest absolute Gasteiger partial charge is 0.123 e. The Labute approximate surface area is 101 Å². The lowest BCUT2D eigenvalue weighted by atomic mass is 10.1. The Morgan fingerprint density at radius 1 is 1.53 bits per heavy atom. The molecule has 0 saturated carbocycles. The van der Waals surface area contributed by atoms with Gasteiger partial charge in [-0.3, -0.25) is 0 Å². The zero-order valence-corrected chi connectivity index (χ0v) is 10.0. The van der Waals surface area contributed by atoms with Crippen LogP contribution in [-0.4, -0.2) is 32.4 Å². The second kappa shape index (κ2) is 5.98. The number of nitrogens with one attached hydrogen (secondary N) is 1. The molecule has 3 nitrogen and oxygen atoms in total. The Bertz CT molecular complexity index is 370. The Balaban J connectivity index is 1.73. The second-order valence-electron chi connectivity index (χ2n) is 4.10. The van der Waals surface area contributed by atoms with Crippen molar-refractivity contribution in [2.24, 2.45) is 0 Å². The third-order valence-corrected chi connectivity index (χ3v) is 2.76. The first-order valence-electron chi connectivity index (χ1n) is 6.03. The summed E-state index contributed by atoms with van der Waals surface area (Å²) >= 11 is 0. The number of fused-ring (bicyclic) bond motifs is 1. The van der Waals surface area contributed by atoms with E-state index in [1.807, 2.05) is 6.92 Å². The average molecular weight is 239 g/mol. The summed E-state index contributed by atoms with van der Waals surface area (Å²) < 4.78 is 23.9. The molecule has 1 N–H and O–H groups in total. The van der Waals surface area contributed by atoms with Crippen LogP contribution < -0.4 is 10.1 Å². The van der Waals surface area contributed by atoms with Gasteiger partial charge in [0, 0.05) is 31.7 Å². The molecule has 17 heavy (non-hydrogen) atoms. The summed E-state index contributed by atoms with van der Waals surface area (Å²) in [5, 5.41) is 3.27. The van der Waals surface area contributed by atoms with Crippen molar-refractivity contribution in [2.75, 3.05) is 26.3 Å². The molecule has 1 atom stereocenters. The third kappa shape index (κ3) is 3.41. The lowest BCUT2D eigenvalue weighted by molar-refractivity contribution is 0.145. The SMILES string of the molecule is CCOCCNCC1Cc2cc(F)ccc2O1. The number of ether oxygens (including phenoxy) is 2. The molecule has 1 aromatic rings. The van der Waals surface area contributed by atoms with Gasteiger partial charge >= 0.3 is 0 Å². The highest BCUT2D eigenvalue weighted by molar-refractivity contribution is 5.37. The molecule has 0 aromatic heterocycles. The molecule has 94 valence electrons. The highest BCUT2D eigenvalue weighted by Gasteiger charge is 2.22. The first-order chi connectivity index (χ1) is 8.29. The second-order valence-corrected chi connectivity index (χ2v) is 4.10. The highest BCUT2D eigenvalue weighted by Crippen LogP contribution is 2.28. The number of benzene rings is 1. The van der Waals surface area contributed by atoms with Crippen LogP contribution in [0.15, 0.2) is 18.2 Å². The first-order valence-corrected chi connectivity index (χ1v) is 6.03. The number of hydrogen-bond acceptors (Lipinski definition) is 3. The minimum Gasteiger partial charge on any atom is -0.488 e. The molecular weight excluding hydrogens is 221 g/mol. The first kappa shape index (κ1) is 12.3. The molecule has 4 heteroatoms. The van der Waals surface area contributed by atoms with Crippen molar-refractivity contribution in [2.45, 2.75) is 19.4 Å². The molecule has 1 unspecified atom stereocenters. The molecule has 0 bridgehead atoms. The van der Waals surface area contributed by atoms with Crippen molar-refractivity contribution in [3.05, 3.63) is 29.6 Å². The van der Waals surface area contributed by atoms with Gasteiger partial charge < -0.3 is 14.8 Å². The minimum atomic E-state index is -0.197. The average Bonchev–Trinajstić information content (AvgIpc) is 2.70. The summed E-state index contributed by atoms with van der Waals surface area (Å²) in [5.74, 6) is 0.611. The minimum absolute atomic E-state index is 0.105. The van der Waals surface area contributed by atoms with Gasteiger partial charge in [0.25, 0.3) is 0 Å². The fourth-order valence-corrected chi connectivity index (χ4v) is 1.95. The van der Waals surface area contributed by atoms with Crippen molar-refractivity contribution in [3.63, 3.8) is 0 Å². The number of halogens is 1. The van der Waals surface area contributed by atoms with Crippen molar-refractivity contribution < 1.29 is 13.9 Å². The van der Waals surface area contributed by atoms with Gasteiger partial charge in [0.05, 0.1) is 6.61 Å². The van der Waals surface area contributed by atoms with Gasteiger partial charge in [-0.25, -0.2) is 4.39 Å². The van der Waals surface area contributed by atoms with Crippen molar-refractivity contribution in [1.82, 2.24) is 5.32 Å². The van der Waals surface area contributed by atoms with E-state index in [-0.39, 0.29) is 11.9 Å². The Morgan fingerprint density at radius 3 is 3.24 bits per heavy atom. The summed E-state index contributed by atoms with van der Waals surface area (Å²) in [6, 6.07) is 4.68. The van der Waals surface area contributed by atoms with Crippen LogP contribution in [-0.2, 0) is 11.2 Å². The van der Waals surface area contributed by atoms with Crippen molar-refractivity contribution in [1.29, 1.82) is 0 Å². The van der Waals surface area contributed by atoms with Gasteiger partial charge in [-0.1, -0.05) is 0 Å². The van der Waals surface area contributed by atoms with E-state index in [1.165, 1.54) is 6.07 Å². The van der Waals surface area contributed by atoms with E-state index in [9.17, 15) is 4.39 Å². The zero-order chi connectivity index (χ0) is 12.1. The van der Waals surface area contributed by atoms with Crippen molar-refractivity contribution >= 4 is 0 Å². The molecule has 1 aromatic carbocycles. The largest absolute Gasteiger partial charge is 0.488 e. The van der Waals surface area contributed by atoms with E-state index in [2.05, 4.69) is 5.32 Å². The fraction of sp³-hybridized carbons (Fsp3) is 0.538. The van der Waals surface area contributed by atoms with E-state index in [0.29, 0.717) is 6.61 Å². The monoisotopic (exact) mass is 239 g/mol. The lowest BCUT2D eigenvalue weighted by Crippen LogP contribution is -2.32. The van der Waals surface area contributed by atoms with Crippen LogP contribution in [0.25, 0.3) is 0 Å². The molecular formula is C13H18FNO2. The van der Waals surface area contributed by atoms with Gasteiger partial charge in [0.15, 0.2) is 0 Å². The molecule has 0 radical (unpaired) electrons. The van der Waals surface area contributed by atoms with Crippen LogP contribution in [0.1, 0.15) is 12.5 Å². The molecule has 2 rings (SSSR count). The molecule has 1 aliphatic heterocycles. The maximum Gasteiger partial charge on any atom is 0.123 e. The molecule has 0 saturated heterocycles. The van der Waals surface area contributed by atoms with Gasteiger partial charge in [-0.05, 0) is 25.1 Å². The molecule has 1 aliphatic rings. The molecule has 0 fully saturated rings. The van der Waals surface area contributed by atoms with E-state index in [0.717, 1.165) is 37.4 Å². The van der Waals surface area contributed by atoms with E-state index < -0.39 is 0 Å². The van der Waals surface area contributed by atoms with Crippen LogP contribution in [0.5, 0.6) is 5.75 Å². The van der Waals surface area contributed by atoms with Crippen LogP contribution in [0.3, 0.4) is 0 Å². The third-order valence-electron chi connectivity index (χ3n) is 2.76. The van der Waals surface area contributed by atoms with Gasteiger partial charge in [-0.15, -0.1) is 0 Å². The van der Waals surface area contributed by atoms with Gasteiger partial charge in [0.2, 0.25) is 0 Å². The van der Waals surface area contributed by atoms with Gasteiger partial charge in [-0.2, -0.15) is 0 Å². The van der Waals surface area contributed by atoms with Crippen LogP contribution >= 0.6 is 0 Å². The van der Waals surface area contributed by atoms with E-state index in [4.69, 9.17) is 9.47 Å². The van der Waals surface area contributed by atoms with Crippen LogP contribution in [0, 0.1) is 5.82 Å². The van der Waals surface area contributed by atoms with Crippen molar-refractivity contribution in [3.8, 4) is 5.75 Å². The summed E-state index contributed by atoms with van der Waals surface area (Å²) in [6.07, 6.45) is 0.878. The Kier molecular flexibility index (Phi) is 4.34. The molecule has 0 aliphatic carbocycles. The summed E-state index contributed by atoms with van der Waals surface area (Å²) in [7, 11) is 0. The standard InChI is InChI=1S/C13H18FNO2/c1-2-16-6-5-15-9-12-8-10-7-11(14)3-4-13(10)17-12/h3-4,7,12,15H,2,5-6,8-9H2,1H3. The fourth-order valence-electron chi connectivity index (χ4n) is 1.95. The predicted molar refractivity (Wildman–Crippen MR) is 63.9 cm³/mol.